The lowest BCUT2D eigenvalue weighted by Crippen LogP contribution is -2.41. The van der Waals surface area contributed by atoms with Crippen LogP contribution in [0.4, 0.5) is 19.0 Å². The Morgan fingerprint density at radius 2 is 2.08 bits per heavy atom. The van der Waals surface area contributed by atoms with E-state index in [2.05, 4.69) is 10.3 Å². The van der Waals surface area contributed by atoms with Gasteiger partial charge in [0, 0.05) is 31.7 Å². The zero-order chi connectivity index (χ0) is 17.7. The fraction of sp³-hybridized carbons (Fsp3) is 0.600. The maximum atomic E-state index is 12.6. The fourth-order valence-electron chi connectivity index (χ4n) is 2.63. The lowest BCUT2D eigenvalue weighted by atomic mass is 9.96. The van der Waals surface area contributed by atoms with Crippen molar-refractivity contribution in [3.63, 3.8) is 0 Å². The standard InChI is InChI=1S/C15H20ClF3N4O/c16-12-8-11(15(17,18)19)9-22-13(12)23-6-2-10(3-7-23)14(24)21-5-1-4-20/h8-10H,1-7,20H2,(H,21,24). The molecule has 0 saturated carbocycles. The molecule has 2 heterocycles. The second-order valence-corrected chi connectivity index (χ2v) is 6.13. The number of aromatic nitrogens is 1. The van der Waals surface area contributed by atoms with Gasteiger partial charge >= 0.3 is 6.18 Å². The summed E-state index contributed by atoms with van der Waals surface area (Å²) in [6.07, 6.45) is -1.74. The Morgan fingerprint density at radius 1 is 1.42 bits per heavy atom. The first-order valence-corrected chi connectivity index (χ1v) is 8.16. The number of alkyl halides is 3. The number of hydrogen-bond donors (Lipinski definition) is 2. The topological polar surface area (TPSA) is 71.2 Å². The van der Waals surface area contributed by atoms with Crippen molar-refractivity contribution in [2.75, 3.05) is 31.1 Å². The van der Waals surface area contributed by atoms with E-state index in [1.165, 1.54) is 0 Å². The van der Waals surface area contributed by atoms with Crippen LogP contribution in [0.15, 0.2) is 12.3 Å². The highest BCUT2D eigenvalue weighted by Crippen LogP contribution is 2.34. The number of halogens is 4. The molecule has 5 nitrogen and oxygen atoms in total. The molecule has 3 N–H and O–H groups in total. The maximum Gasteiger partial charge on any atom is 0.417 e. The number of carbonyl (C=O) groups is 1. The van der Waals surface area contributed by atoms with Crippen molar-refractivity contribution in [3.8, 4) is 0 Å². The van der Waals surface area contributed by atoms with Gasteiger partial charge in [0.15, 0.2) is 0 Å². The Kier molecular flexibility index (Phi) is 6.28. The van der Waals surface area contributed by atoms with Crippen molar-refractivity contribution in [2.24, 2.45) is 11.7 Å². The zero-order valence-corrected chi connectivity index (χ0v) is 13.8. The van der Waals surface area contributed by atoms with Gasteiger partial charge in [-0.2, -0.15) is 13.2 Å². The lowest BCUT2D eigenvalue weighted by molar-refractivity contribution is -0.137. The van der Waals surface area contributed by atoms with Gasteiger partial charge in [0.25, 0.3) is 0 Å². The third-order valence-corrected chi connectivity index (χ3v) is 4.27. The Bertz CT molecular complexity index is 574. The summed E-state index contributed by atoms with van der Waals surface area (Å²) < 4.78 is 37.9. The molecule has 0 unspecified atom stereocenters. The van der Waals surface area contributed by atoms with Gasteiger partial charge in [-0.1, -0.05) is 11.6 Å². The predicted molar refractivity (Wildman–Crippen MR) is 85.9 cm³/mol. The molecular weight excluding hydrogens is 345 g/mol. The van der Waals surface area contributed by atoms with Gasteiger partial charge in [0.05, 0.1) is 10.6 Å². The number of nitrogens with zero attached hydrogens (tertiary/aromatic N) is 2. The van der Waals surface area contributed by atoms with Gasteiger partial charge in [-0.05, 0) is 31.9 Å². The Morgan fingerprint density at radius 3 is 2.62 bits per heavy atom. The van der Waals surface area contributed by atoms with Crippen LogP contribution >= 0.6 is 11.6 Å². The number of nitrogens with two attached hydrogens (primary N) is 1. The van der Waals surface area contributed by atoms with Gasteiger partial charge < -0.3 is 16.0 Å². The molecule has 0 aromatic carbocycles. The summed E-state index contributed by atoms with van der Waals surface area (Å²) in [6.45, 7) is 2.12. The van der Waals surface area contributed by atoms with E-state index in [1.807, 2.05) is 4.90 Å². The molecule has 1 aliphatic rings. The minimum atomic E-state index is -4.47. The largest absolute Gasteiger partial charge is 0.417 e. The molecular formula is C15H20ClF3N4O. The number of nitrogens with one attached hydrogen (secondary N) is 1. The minimum Gasteiger partial charge on any atom is -0.356 e. The van der Waals surface area contributed by atoms with Crippen molar-refractivity contribution >= 4 is 23.3 Å². The third kappa shape index (κ3) is 4.73. The van der Waals surface area contributed by atoms with Crippen LogP contribution in [0.5, 0.6) is 0 Å². The van der Waals surface area contributed by atoms with Crippen LogP contribution in [0, 0.1) is 5.92 Å². The molecule has 0 atom stereocenters. The van der Waals surface area contributed by atoms with E-state index < -0.39 is 11.7 Å². The second kappa shape index (κ2) is 8.02. The molecule has 1 fully saturated rings. The van der Waals surface area contributed by atoms with Crippen molar-refractivity contribution in [2.45, 2.75) is 25.4 Å². The molecule has 24 heavy (non-hydrogen) atoms. The molecule has 1 amide bonds. The average molecular weight is 365 g/mol. The molecule has 0 spiro atoms. The fourth-order valence-corrected chi connectivity index (χ4v) is 2.92. The highest BCUT2D eigenvalue weighted by molar-refractivity contribution is 6.33. The first kappa shape index (κ1) is 18.8. The molecule has 1 aliphatic heterocycles. The molecule has 0 aliphatic carbocycles. The smallest absolute Gasteiger partial charge is 0.356 e. The lowest BCUT2D eigenvalue weighted by Gasteiger charge is -2.32. The molecule has 2 rings (SSSR count). The van der Waals surface area contributed by atoms with E-state index >= 15 is 0 Å². The molecule has 9 heteroatoms. The Hall–Kier alpha value is -1.54. The van der Waals surface area contributed by atoms with Crippen LogP contribution in [0.3, 0.4) is 0 Å². The van der Waals surface area contributed by atoms with Crippen LogP contribution in [0.1, 0.15) is 24.8 Å². The van der Waals surface area contributed by atoms with Crippen LogP contribution in [0.25, 0.3) is 0 Å². The first-order valence-electron chi connectivity index (χ1n) is 7.78. The van der Waals surface area contributed by atoms with Crippen molar-refractivity contribution in [1.82, 2.24) is 10.3 Å². The van der Waals surface area contributed by atoms with Gasteiger partial charge in [-0.15, -0.1) is 0 Å². The van der Waals surface area contributed by atoms with Gasteiger partial charge in [0.2, 0.25) is 5.91 Å². The summed E-state index contributed by atoms with van der Waals surface area (Å²) in [4.78, 5) is 17.7. The number of anilines is 1. The molecule has 0 radical (unpaired) electrons. The van der Waals surface area contributed by atoms with Crippen molar-refractivity contribution in [3.05, 3.63) is 22.8 Å². The molecule has 0 bridgehead atoms. The van der Waals surface area contributed by atoms with Crippen molar-refractivity contribution in [1.29, 1.82) is 0 Å². The monoisotopic (exact) mass is 364 g/mol. The number of rotatable bonds is 5. The second-order valence-electron chi connectivity index (χ2n) is 5.72. The van der Waals surface area contributed by atoms with Gasteiger partial charge in [0.1, 0.15) is 5.82 Å². The summed E-state index contributed by atoms with van der Waals surface area (Å²) in [6, 6.07) is 0.884. The average Bonchev–Trinajstić information content (AvgIpc) is 2.54. The first-order chi connectivity index (χ1) is 11.3. The minimum absolute atomic E-state index is 0.00502. The zero-order valence-electron chi connectivity index (χ0n) is 13.1. The predicted octanol–water partition coefficient (Wildman–Crippen LogP) is 2.44. The van der Waals surface area contributed by atoms with Crippen molar-refractivity contribution < 1.29 is 18.0 Å². The van der Waals surface area contributed by atoms with Gasteiger partial charge in [-0.25, -0.2) is 4.98 Å². The highest BCUT2D eigenvalue weighted by atomic mass is 35.5. The van der Waals surface area contributed by atoms with E-state index in [0.717, 1.165) is 18.7 Å². The van der Waals surface area contributed by atoms with E-state index in [0.29, 0.717) is 44.8 Å². The summed E-state index contributed by atoms with van der Waals surface area (Å²) in [5.41, 5.74) is 4.51. The summed E-state index contributed by atoms with van der Waals surface area (Å²) in [7, 11) is 0. The highest BCUT2D eigenvalue weighted by Gasteiger charge is 2.32. The number of pyridine rings is 1. The van der Waals surface area contributed by atoms with Gasteiger partial charge in [-0.3, -0.25) is 4.79 Å². The van der Waals surface area contributed by atoms with Crippen LogP contribution in [-0.4, -0.2) is 37.1 Å². The van der Waals surface area contributed by atoms with E-state index in [1.54, 1.807) is 0 Å². The number of carbonyl (C=O) groups excluding carboxylic acids is 1. The number of piperidine rings is 1. The van der Waals surface area contributed by atoms with E-state index in [-0.39, 0.29) is 16.8 Å². The summed E-state index contributed by atoms with van der Waals surface area (Å²) in [5.74, 6) is 0.216. The third-order valence-electron chi connectivity index (χ3n) is 3.99. The molecule has 1 saturated heterocycles. The Labute approximate surface area is 143 Å². The quantitative estimate of drug-likeness (QED) is 0.787. The SMILES string of the molecule is NCCCNC(=O)C1CCN(c2ncc(C(F)(F)F)cc2Cl)CC1. The molecule has 134 valence electrons. The number of hydrogen-bond acceptors (Lipinski definition) is 4. The summed E-state index contributed by atoms with van der Waals surface area (Å²) in [5, 5.41) is 2.81. The van der Waals surface area contributed by atoms with E-state index in [4.69, 9.17) is 17.3 Å². The molecule has 1 aromatic heterocycles. The number of amides is 1. The van der Waals surface area contributed by atoms with Crippen LogP contribution in [0.2, 0.25) is 5.02 Å². The summed E-state index contributed by atoms with van der Waals surface area (Å²) >= 11 is 5.96. The Balaban J connectivity index is 1.94. The van der Waals surface area contributed by atoms with Crippen LogP contribution in [-0.2, 0) is 11.0 Å². The molecule has 1 aromatic rings. The normalized spacial score (nSPS) is 16.3. The maximum absolute atomic E-state index is 12.6. The van der Waals surface area contributed by atoms with E-state index in [9.17, 15) is 18.0 Å². The van der Waals surface area contributed by atoms with Crippen LogP contribution < -0.4 is 16.0 Å².